The second kappa shape index (κ2) is 7.61. The van der Waals surface area contributed by atoms with Crippen LogP contribution in [0.5, 0.6) is 5.75 Å². The lowest BCUT2D eigenvalue weighted by atomic mass is 9.90. The van der Waals surface area contributed by atoms with Gasteiger partial charge in [0.25, 0.3) is 0 Å². The largest absolute Gasteiger partial charge is 0.506 e. The number of hydrogen-bond acceptors (Lipinski definition) is 4. The molecule has 0 aromatic heterocycles. The molecule has 3 fully saturated rings. The maximum Gasteiger partial charge on any atom is 0.226 e. The molecular weight excluding hydrogens is 362 g/mol. The van der Waals surface area contributed by atoms with Gasteiger partial charge in [0.1, 0.15) is 5.75 Å². The first kappa shape index (κ1) is 19.0. The summed E-state index contributed by atoms with van der Waals surface area (Å²) in [5.41, 5.74) is 1.39. The summed E-state index contributed by atoms with van der Waals surface area (Å²) >= 11 is 6.02. The van der Waals surface area contributed by atoms with Crippen molar-refractivity contribution >= 4 is 17.5 Å². The van der Waals surface area contributed by atoms with Crippen molar-refractivity contribution in [3.63, 3.8) is 0 Å². The van der Waals surface area contributed by atoms with Crippen molar-refractivity contribution in [2.75, 3.05) is 46.3 Å². The van der Waals surface area contributed by atoms with Gasteiger partial charge >= 0.3 is 0 Å². The lowest BCUT2D eigenvalue weighted by Gasteiger charge is -2.33. The number of benzene rings is 1. The number of halogens is 1. The minimum absolute atomic E-state index is 0.136. The Morgan fingerprint density at radius 3 is 2.70 bits per heavy atom. The number of phenols is 1. The van der Waals surface area contributed by atoms with Gasteiger partial charge in [0, 0.05) is 32.1 Å². The quantitative estimate of drug-likeness (QED) is 0.860. The number of nitrogens with zero attached hydrogens (tertiary/aromatic N) is 3. The van der Waals surface area contributed by atoms with Gasteiger partial charge in [-0.1, -0.05) is 17.7 Å². The minimum atomic E-state index is 0.136. The zero-order valence-electron chi connectivity index (χ0n) is 16.2. The molecule has 2 saturated heterocycles. The van der Waals surface area contributed by atoms with Crippen molar-refractivity contribution in [1.29, 1.82) is 0 Å². The fourth-order valence-corrected chi connectivity index (χ4v) is 5.00. The van der Waals surface area contributed by atoms with Gasteiger partial charge in [0.15, 0.2) is 0 Å². The van der Waals surface area contributed by atoms with E-state index >= 15 is 0 Å². The molecule has 1 saturated carbocycles. The highest BCUT2D eigenvalue weighted by molar-refractivity contribution is 6.32. The van der Waals surface area contributed by atoms with Crippen molar-refractivity contribution in [2.24, 2.45) is 11.3 Å². The number of rotatable bonds is 3. The number of carbonyl (C=O) groups is 1. The summed E-state index contributed by atoms with van der Waals surface area (Å²) in [6, 6.07) is 5.45. The van der Waals surface area contributed by atoms with Gasteiger partial charge in [-0.2, -0.15) is 0 Å². The molecule has 148 valence electrons. The van der Waals surface area contributed by atoms with Crippen LogP contribution in [0, 0.1) is 11.3 Å². The number of phenolic OH excluding ortho intramolecular Hbond substituents is 1. The zero-order chi connectivity index (χ0) is 19.0. The Hall–Kier alpha value is -1.30. The highest BCUT2D eigenvalue weighted by Gasteiger charge is 2.59. The Kier molecular flexibility index (Phi) is 5.36. The third-order valence-corrected chi connectivity index (χ3v) is 7.09. The molecule has 1 spiro atoms. The van der Waals surface area contributed by atoms with Crippen LogP contribution in [0.2, 0.25) is 5.02 Å². The predicted octanol–water partition coefficient (Wildman–Crippen LogP) is 2.81. The molecule has 1 aromatic carbocycles. The van der Waals surface area contributed by atoms with E-state index in [4.69, 9.17) is 11.6 Å². The van der Waals surface area contributed by atoms with E-state index in [0.29, 0.717) is 10.9 Å². The number of likely N-dealkylation sites (tertiary alicyclic amines) is 1. The van der Waals surface area contributed by atoms with Gasteiger partial charge in [-0.05, 0) is 75.5 Å². The number of amides is 1. The first-order valence-electron chi connectivity index (χ1n) is 10.1. The Bertz CT molecular complexity index is 703. The van der Waals surface area contributed by atoms with Crippen LogP contribution < -0.4 is 0 Å². The van der Waals surface area contributed by atoms with Crippen LogP contribution in [0.1, 0.15) is 31.2 Å². The van der Waals surface area contributed by atoms with Crippen LogP contribution >= 0.6 is 11.6 Å². The van der Waals surface area contributed by atoms with Crippen molar-refractivity contribution in [1.82, 2.24) is 14.7 Å². The average Bonchev–Trinajstić information content (AvgIpc) is 3.40. The maximum atomic E-state index is 13.0. The molecule has 3 aliphatic rings. The number of aromatic hydroxyl groups is 1. The highest BCUT2D eigenvalue weighted by atomic mass is 35.5. The van der Waals surface area contributed by atoms with Crippen LogP contribution in [-0.2, 0) is 11.3 Å². The topological polar surface area (TPSA) is 47.0 Å². The second-order valence-corrected chi connectivity index (χ2v) is 9.07. The highest BCUT2D eigenvalue weighted by Crippen LogP contribution is 2.60. The molecule has 1 atom stereocenters. The summed E-state index contributed by atoms with van der Waals surface area (Å²) in [5, 5.41) is 9.98. The number of hydrogen-bond donors (Lipinski definition) is 1. The molecule has 0 bridgehead atoms. The molecule has 27 heavy (non-hydrogen) atoms. The van der Waals surface area contributed by atoms with Crippen molar-refractivity contribution in [3.05, 3.63) is 28.8 Å². The standard InChI is InChI=1S/C21H30ClN3O2/c1-23-7-2-8-25(12-11-23)20(27)17-14-21(17)5-9-24(10-6-21)15-16-3-4-19(26)18(22)13-16/h3-4,13,17,26H,2,5-12,14-15H2,1H3/t17-/m1/s1. The summed E-state index contributed by atoms with van der Waals surface area (Å²) < 4.78 is 0. The minimum Gasteiger partial charge on any atom is -0.506 e. The van der Waals surface area contributed by atoms with Crippen molar-refractivity contribution in [3.8, 4) is 5.75 Å². The van der Waals surface area contributed by atoms with E-state index in [9.17, 15) is 9.90 Å². The first-order valence-corrected chi connectivity index (χ1v) is 10.5. The molecule has 1 aromatic rings. The summed E-state index contributed by atoms with van der Waals surface area (Å²) in [6.45, 7) is 6.81. The monoisotopic (exact) mass is 391 g/mol. The van der Waals surface area contributed by atoms with Crippen LogP contribution in [0.15, 0.2) is 18.2 Å². The Morgan fingerprint density at radius 2 is 1.96 bits per heavy atom. The van der Waals surface area contributed by atoms with E-state index in [2.05, 4.69) is 21.7 Å². The SMILES string of the molecule is CN1CCCN(C(=O)[C@H]2CC23CCN(Cc2ccc(O)c(Cl)c2)CC3)CC1. The van der Waals surface area contributed by atoms with Crippen molar-refractivity contribution < 1.29 is 9.90 Å². The van der Waals surface area contributed by atoms with Crippen LogP contribution in [-0.4, -0.2) is 72.0 Å². The van der Waals surface area contributed by atoms with E-state index in [1.54, 1.807) is 6.07 Å². The summed E-state index contributed by atoms with van der Waals surface area (Å²) in [6.07, 6.45) is 4.40. The number of likely N-dealkylation sites (N-methyl/N-ethyl adjacent to an activating group) is 1. The number of piperidine rings is 1. The molecule has 1 N–H and O–H groups in total. The van der Waals surface area contributed by atoms with E-state index in [-0.39, 0.29) is 17.1 Å². The molecule has 0 unspecified atom stereocenters. The Balaban J connectivity index is 1.29. The maximum absolute atomic E-state index is 13.0. The van der Waals surface area contributed by atoms with Crippen LogP contribution in [0.4, 0.5) is 0 Å². The van der Waals surface area contributed by atoms with Crippen molar-refractivity contribution in [2.45, 2.75) is 32.2 Å². The molecule has 2 aliphatic heterocycles. The fourth-order valence-electron chi connectivity index (χ4n) is 4.80. The zero-order valence-corrected chi connectivity index (χ0v) is 16.9. The molecular formula is C21H30ClN3O2. The van der Waals surface area contributed by atoms with E-state index in [1.807, 2.05) is 12.1 Å². The van der Waals surface area contributed by atoms with Gasteiger partial charge in [0.2, 0.25) is 5.91 Å². The van der Waals surface area contributed by atoms with Gasteiger partial charge < -0.3 is 14.9 Å². The molecule has 6 heteroatoms. The van der Waals surface area contributed by atoms with Gasteiger partial charge in [0.05, 0.1) is 5.02 Å². The van der Waals surface area contributed by atoms with Gasteiger partial charge in [-0.15, -0.1) is 0 Å². The molecule has 2 heterocycles. The van der Waals surface area contributed by atoms with Gasteiger partial charge in [-0.25, -0.2) is 0 Å². The molecule has 5 nitrogen and oxygen atoms in total. The molecule has 0 radical (unpaired) electrons. The van der Waals surface area contributed by atoms with Crippen LogP contribution in [0.25, 0.3) is 0 Å². The smallest absolute Gasteiger partial charge is 0.226 e. The van der Waals surface area contributed by atoms with E-state index < -0.39 is 0 Å². The molecule has 4 rings (SSSR count). The summed E-state index contributed by atoms with van der Waals surface area (Å²) in [7, 11) is 2.14. The van der Waals surface area contributed by atoms with Crippen LogP contribution in [0.3, 0.4) is 0 Å². The number of carbonyl (C=O) groups excluding carboxylic acids is 1. The normalized spacial score (nSPS) is 26.1. The van der Waals surface area contributed by atoms with E-state index in [1.165, 1.54) is 0 Å². The summed E-state index contributed by atoms with van der Waals surface area (Å²) in [5.74, 6) is 0.798. The third kappa shape index (κ3) is 4.10. The molecule has 1 aliphatic carbocycles. The predicted molar refractivity (Wildman–Crippen MR) is 107 cm³/mol. The van der Waals surface area contributed by atoms with E-state index in [0.717, 1.165) is 77.1 Å². The van der Waals surface area contributed by atoms with Gasteiger partial charge in [-0.3, -0.25) is 9.69 Å². The summed E-state index contributed by atoms with van der Waals surface area (Å²) in [4.78, 5) is 19.9. The average molecular weight is 392 g/mol. The lowest BCUT2D eigenvalue weighted by Crippen LogP contribution is -2.39. The Labute approximate surface area is 166 Å². The first-order chi connectivity index (χ1) is 13.0. The molecule has 1 amide bonds. The fraction of sp³-hybridized carbons (Fsp3) is 0.667. The second-order valence-electron chi connectivity index (χ2n) is 8.66. The Morgan fingerprint density at radius 1 is 1.19 bits per heavy atom. The third-order valence-electron chi connectivity index (χ3n) is 6.79. The lowest BCUT2D eigenvalue weighted by molar-refractivity contribution is -0.133.